The molecule has 0 bridgehead atoms. The quantitative estimate of drug-likeness (QED) is 0.512. The zero-order valence-corrected chi connectivity index (χ0v) is 17.4. The van der Waals surface area contributed by atoms with Gasteiger partial charge in [0.2, 0.25) is 0 Å². The van der Waals surface area contributed by atoms with Gasteiger partial charge in [-0.3, -0.25) is 4.79 Å². The summed E-state index contributed by atoms with van der Waals surface area (Å²) >= 11 is 0. The lowest BCUT2D eigenvalue weighted by molar-refractivity contribution is 0.524. The van der Waals surface area contributed by atoms with Crippen LogP contribution in [-0.2, 0) is 9.84 Å². The molecular weight excluding hydrogens is 396 g/mol. The number of nitrogens with one attached hydrogen (secondary N) is 1. The van der Waals surface area contributed by atoms with Crippen LogP contribution >= 0.6 is 0 Å². The molecule has 0 unspecified atom stereocenters. The summed E-state index contributed by atoms with van der Waals surface area (Å²) in [4.78, 5) is 16.8. The van der Waals surface area contributed by atoms with Gasteiger partial charge in [0.1, 0.15) is 5.52 Å². The molecule has 5 nitrogen and oxygen atoms in total. The Labute approximate surface area is 174 Å². The van der Waals surface area contributed by atoms with E-state index in [-0.39, 0.29) is 17.5 Å². The van der Waals surface area contributed by atoms with Crippen LogP contribution in [0.2, 0.25) is 0 Å². The zero-order valence-electron chi connectivity index (χ0n) is 16.6. The molecule has 152 valence electrons. The first-order valence-electron chi connectivity index (χ1n) is 10.0. The number of rotatable bonds is 5. The highest BCUT2D eigenvalue weighted by Gasteiger charge is 2.32. The van der Waals surface area contributed by atoms with Gasteiger partial charge in [0, 0.05) is 39.7 Å². The molecular formula is C24H22N2O3S. The molecule has 1 saturated carbocycles. The first kappa shape index (κ1) is 18.9. The molecule has 2 aromatic carbocycles. The predicted octanol–water partition coefficient (Wildman–Crippen LogP) is 4.66. The largest absolute Gasteiger partial charge is 0.350 e. The van der Waals surface area contributed by atoms with E-state index in [1.807, 2.05) is 60.8 Å². The van der Waals surface area contributed by atoms with Crippen molar-refractivity contribution in [3.63, 3.8) is 0 Å². The fourth-order valence-corrected chi connectivity index (χ4v) is 4.62. The normalized spacial score (nSPS) is 15.9. The molecule has 4 aromatic rings. The maximum Gasteiger partial charge on any atom is 0.275 e. The summed E-state index contributed by atoms with van der Waals surface area (Å²) in [5, 5.41) is 3.13. The van der Waals surface area contributed by atoms with Crippen molar-refractivity contribution in [3.8, 4) is 11.1 Å². The van der Waals surface area contributed by atoms with E-state index >= 15 is 0 Å². The molecule has 6 heteroatoms. The van der Waals surface area contributed by atoms with Crippen LogP contribution in [-0.4, -0.2) is 24.2 Å². The summed E-state index contributed by atoms with van der Waals surface area (Å²) in [5.41, 5.74) is 3.31. The number of aromatic amines is 1. The van der Waals surface area contributed by atoms with Crippen LogP contribution in [0, 0.1) is 5.92 Å². The third-order valence-electron chi connectivity index (χ3n) is 5.73. The number of aromatic nitrogens is 2. The Balaban J connectivity index is 1.84. The van der Waals surface area contributed by atoms with Gasteiger partial charge in [-0.1, -0.05) is 54.6 Å². The number of hydrogen-bond acceptors (Lipinski definition) is 3. The highest BCUT2D eigenvalue weighted by Crippen LogP contribution is 2.41. The molecule has 0 radical (unpaired) electrons. The van der Waals surface area contributed by atoms with Gasteiger partial charge in [-0.2, -0.15) is 0 Å². The van der Waals surface area contributed by atoms with Crippen molar-refractivity contribution in [2.45, 2.75) is 18.9 Å². The monoisotopic (exact) mass is 418 g/mol. The molecule has 2 heterocycles. The second kappa shape index (κ2) is 6.99. The van der Waals surface area contributed by atoms with Gasteiger partial charge in [-0.15, -0.1) is 0 Å². The van der Waals surface area contributed by atoms with Gasteiger partial charge in [0.05, 0.1) is 6.04 Å². The summed E-state index contributed by atoms with van der Waals surface area (Å²) in [6.45, 7) is 0. The van der Waals surface area contributed by atoms with Crippen molar-refractivity contribution in [1.29, 1.82) is 0 Å². The Kier molecular flexibility index (Phi) is 4.40. The Hall–Kier alpha value is -3.12. The van der Waals surface area contributed by atoms with Gasteiger partial charge in [-0.25, -0.2) is 8.42 Å². The first-order chi connectivity index (χ1) is 14.4. The molecule has 0 amide bonds. The molecule has 5 rings (SSSR count). The van der Waals surface area contributed by atoms with E-state index in [2.05, 4.69) is 4.98 Å². The number of sulfone groups is 1. The third kappa shape index (κ3) is 3.37. The van der Waals surface area contributed by atoms with Crippen LogP contribution < -0.4 is 5.56 Å². The van der Waals surface area contributed by atoms with Crippen LogP contribution in [0.25, 0.3) is 32.9 Å². The second-order valence-electron chi connectivity index (χ2n) is 8.03. The van der Waals surface area contributed by atoms with E-state index in [4.69, 9.17) is 0 Å². The number of nitrogens with zero attached hydrogens (tertiary/aromatic N) is 1. The molecule has 30 heavy (non-hydrogen) atoms. The SMILES string of the molecule is CS(=O)(=O)/C=C/[C@@H](C1CC1)n1cc(-c2ccccc2)c2c([nH]c3ccccc32)c1=O. The van der Waals surface area contributed by atoms with Crippen LogP contribution in [0.1, 0.15) is 18.9 Å². The van der Waals surface area contributed by atoms with E-state index in [1.54, 1.807) is 10.6 Å². The molecule has 1 atom stereocenters. The maximum absolute atomic E-state index is 13.5. The maximum atomic E-state index is 13.5. The Morgan fingerprint density at radius 3 is 2.47 bits per heavy atom. The number of allylic oxidation sites excluding steroid dienone is 1. The van der Waals surface area contributed by atoms with Gasteiger partial charge in [0.15, 0.2) is 9.84 Å². The predicted molar refractivity (Wildman–Crippen MR) is 121 cm³/mol. The van der Waals surface area contributed by atoms with Crippen molar-refractivity contribution < 1.29 is 8.42 Å². The average Bonchev–Trinajstić information content (AvgIpc) is 3.49. The number of H-pyrrole nitrogens is 1. The van der Waals surface area contributed by atoms with Gasteiger partial charge in [-0.05, 0) is 30.4 Å². The fourth-order valence-electron chi connectivity index (χ4n) is 4.17. The summed E-state index contributed by atoms with van der Waals surface area (Å²) in [6, 6.07) is 17.6. The van der Waals surface area contributed by atoms with Gasteiger partial charge < -0.3 is 9.55 Å². The van der Waals surface area contributed by atoms with Crippen molar-refractivity contribution >= 4 is 31.6 Å². The highest BCUT2D eigenvalue weighted by atomic mass is 32.2. The summed E-state index contributed by atoms with van der Waals surface area (Å²) < 4.78 is 25.2. The summed E-state index contributed by atoms with van der Waals surface area (Å²) in [5.74, 6) is 0.270. The average molecular weight is 419 g/mol. The minimum atomic E-state index is -3.27. The van der Waals surface area contributed by atoms with Crippen molar-refractivity contribution in [3.05, 3.63) is 82.6 Å². The Morgan fingerprint density at radius 1 is 1.07 bits per heavy atom. The van der Waals surface area contributed by atoms with Gasteiger partial charge in [0.25, 0.3) is 5.56 Å². The summed E-state index contributed by atoms with van der Waals surface area (Å²) in [6.07, 6.45) is 6.70. The van der Waals surface area contributed by atoms with Crippen LogP contribution in [0.3, 0.4) is 0 Å². The second-order valence-corrected chi connectivity index (χ2v) is 9.96. The van der Waals surface area contributed by atoms with E-state index in [9.17, 15) is 13.2 Å². The lowest BCUT2D eigenvalue weighted by Gasteiger charge is -2.18. The summed E-state index contributed by atoms with van der Waals surface area (Å²) in [7, 11) is -3.27. The van der Waals surface area contributed by atoms with Crippen LogP contribution in [0.4, 0.5) is 0 Å². The fraction of sp³-hybridized carbons (Fsp3) is 0.208. The molecule has 1 aliphatic carbocycles. The number of hydrogen-bond donors (Lipinski definition) is 1. The lowest BCUT2D eigenvalue weighted by atomic mass is 10.0. The Morgan fingerprint density at radius 2 is 1.77 bits per heavy atom. The number of pyridine rings is 1. The number of fused-ring (bicyclic) bond motifs is 3. The van der Waals surface area contributed by atoms with E-state index in [0.717, 1.165) is 40.3 Å². The molecule has 0 spiro atoms. The van der Waals surface area contributed by atoms with E-state index in [1.165, 1.54) is 11.7 Å². The lowest BCUT2D eigenvalue weighted by Crippen LogP contribution is -2.25. The van der Waals surface area contributed by atoms with E-state index < -0.39 is 9.84 Å². The van der Waals surface area contributed by atoms with Crippen molar-refractivity contribution in [2.75, 3.05) is 6.26 Å². The van der Waals surface area contributed by atoms with Crippen LogP contribution in [0.15, 0.2) is 77.1 Å². The standard InChI is InChI=1S/C24H22N2O3S/c1-30(28,29)14-13-21(17-11-12-17)26-15-19(16-7-3-2-4-8-16)22-18-9-5-6-10-20(18)25-23(22)24(26)27/h2-10,13-15,17,21,25H,11-12H2,1H3/b14-13+/t21-/m0/s1. The van der Waals surface area contributed by atoms with Crippen molar-refractivity contribution in [1.82, 2.24) is 9.55 Å². The smallest absolute Gasteiger partial charge is 0.275 e. The number of para-hydroxylation sites is 1. The first-order valence-corrected chi connectivity index (χ1v) is 12.0. The third-order valence-corrected chi connectivity index (χ3v) is 6.38. The zero-order chi connectivity index (χ0) is 20.9. The molecule has 2 aromatic heterocycles. The molecule has 1 fully saturated rings. The van der Waals surface area contributed by atoms with Crippen LogP contribution in [0.5, 0.6) is 0 Å². The highest BCUT2D eigenvalue weighted by molar-refractivity contribution is 7.93. The number of benzene rings is 2. The molecule has 1 N–H and O–H groups in total. The van der Waals surface area contributed by atoms with Crippen molar-refractivity contribution in [2.24, 2.45) is 5.92 Å². The van der Waals surface area contributed by atoms with E-state index in [0.29, 0.717) is 5.52 Å². The minimum Gasteiger partial charge on any atom is -0.350 e. The molecule has 1 aliphatic rings. The topological polar surface area (TPSA) is 71.9 Å². The minimum absolute atomic E-state index is 0.129. The molecule has 0 saturated heterocycles. The van der Waals surface area contributed by atoms with Gasteiger partial charge >= 0.3 is 0 Å². The molecule has 0 aliphatic heterocycles. The Bertz CT molecular complexity index is 1440.